The quantitative estimate of drug-likeness (QED) is 0.688. The molecule has 0 fully saturated rings. The average molecular weight is 366 g/mol. The van der Waals surface area contributed by atoms with Crippen LogP contribution >= 0.6 is 0 Å². The highest BCUT2D eigenvalue weighted by molar-refractivity contribution is 5.99. The van der Waals surface area contributed by atoms with E-state index in [2.05, 4.69) is 16.5 Å². The molecule has 2 heterocycles. The van der Waals surface area contributed by atoms with Crippen LogP contribution in [0.1, 0.15) is 21.5 Å². The molecule has 7 heteroatoms. The number of hydrogen-bond donors (Lipinski definition) is 2. The molecule has 1 aliphatic heterocycles. The Morgan fingerprint density at radius 2 is 2.07 bits per heavy atom. The van der Waals surface area contributed by atoms with Crippen LogP contribution < -0.4 is 14.8 Å². The van der Waals surface area contributed by atoms with Gasteiger partial charge in [-0.15, -0.1) is 0 Å². The molecule has 0 atom stereocenters. The zero-order valence-corrected chi connectivity index (χ0v) is 14.7. The van der Waals surface area contributed by atoms with Crippen molar-refractivity contribution in [2.45, 2.75) is 13.0 Å². The first-order chi connectivity index (χ1) is 13.2. The summed E-state index contributed by atoms with van der Waals surface area (Å²) in [7, 11) is 1.57. The van der Waals surface area contributed by atoms with Gasteiger partial charge in [-0.25, -0.2) is 4.79 Å². The average Bonchev–Trinajstić information content (AvgIpc) is 3.32. The van der Waals surface area contributed by atoms with Crippen LogP contribution in [0.5, 0.6) is 11.5 Å². The van der Waals surface area contributed by atoms with E-state index in [1.165, 1.54) is 0 Å². The number of aromatic carboxylic acids is 1. The van der Waals surface area contributed by atoms with Gasteiger partial charge in [-0.3, -0.25) is 0 Å². The van der Waals surface area contributed by atoms with Gasteiger partial charge in [-0.2, -0.15) is 0 Å². The van der Waals surface area contributed by atoms with E-state index in [1.807, 2.05) is 12.1 Å². The van der Waals surface area contributed by atoms with Crippen LogP contribution in [0.25, 0.3) is 11.3 Å². The molecular weight excluding hydrogens is 348 g/mol. The Morgan fingerprint density at radius 3 is 2.81 bits per heavy atom. The summed E-state index contributed by atoms with van der Waals surface area (Å²) in [5.41, 5.74) is 2.80. The zero-order chi connectivity index (χ0) is 18.8. The second-order valence-corrected chi connectivity index (χ2v) is 6.16. The van der Waals surface area contributed by atoms with Gasteiger partial charge in [0.15, 0.2) is 17.1 Å². The largest absolute Gasteiger partial charge is 0.497 e. The fourth-order valence-electron chi connectivity index (χ4n) is 3.08. The third-order valence-corrected chi connectivity index (χ3v) is 4.47. The van der Waals surface area contributed by atoms with Crippen molar-refractivity contribution in [3.8, 4) is 22.8 Å². The van der Waals surface area contributed by atoms with Crippen LogP contribution in [0.15, 0.2) is 47.0 Å². The molecule has 0 amide bonds. The standard InChI is InChI=1S/C20H18N2O5/c1-25-15-5-3-13(4-6-15)18-17(20(23)24)19(22-27-18)21-11-12-2-7-16-14(10-12)8-9-26-16/h2-7,10H,8-9,11H2,1H3,(H,21,22)(H,23,24). The Morgan fingerprint density at radius 1 is 1.26 bits per heavy atom. The van der Waals surface area contributed by atoms with E-state index in [-0.39, 0.29) is 17.1 Å². The van der Waals surface area contributed by atoms with Crippen LogP contribution in [0.2, 0.25) is 0 Å². The van der Waals surface area contributed by atoms with Gasteiger partial charge in [0.05, 0.1) is 13.7 Å². The summed E-state index contributed by atoms with van der Waals surface area (Å²) in [4.78, 5) is 11.8. The summed E-state index contributed by atoms with van der Waals surface area (Å²) in [6, 6.07) is 12.9. The van der Waals surface area contributed by atoms with Crippen molar-refractivity contribution < 1.29 is 23.9 Å². The second kappa shape index (κ2) is 7.03. The van der Waals surface area contributed by atoms with E-state index in [1.54, 1.807) is 31.4 Å². The number of hydrogen-bond acceptors (Lipinski definition) is 6. The summed E-state index contributed by atoms with van der Waals surface area (Å²) in [5, 5.41) is 16.6. The topological polar surface area (TPSA) is 93.8 Å². The molecule has 7 nitrogen and oxygen atoms in total. The first-order valence-electron chi connectivity index (χ1n) is 8.51. The number of aromatic nitrogens is 1. The van der Waals surface area contributed by atoms with E-state index in [0.29, 0.717) is 24.5 Å². The summed E-state index contributed by atoms with van der Waals surface area (Å²) in [6.45, 7) is 1.13. The summed E-state index contributed by atoms with van der Waals surface area (Å²) in [6.07, 6.45) is 0.884. The van der Waals surface area contributed by atoms with E-state index >= 15 is 0 Å². The minimum atomic E-state index is -1.10. The molecule has 138 valence electrons. The summed E-state index contributed by atoms with van der Waals surface area (Å²) < 4.78 is 15.9. The normalized spacial score (nSPS) is 12.3. The van der Waals surface area contributed by atoms with E-state index in [4.69, 9.17) is 14.0 Å². The lowest BCUT2D eigenvalue weighted by Crippen LogP contribution is -2.06. The van der Waals surface area contributed by atoms with Gasteiger partial charge >= 0.3 is 5.97 Å². The first kappa shape index (κ1) is 17.0. The minimum absolute atomic E-state index is 0.00431. The highest BCUT2D eigenvalue weighted by atomic mass is 16.5. The van der Waals surface area contributed by atoms with Crippen molar-refractivity contribution in [3.05, 3.63) is 59.2 Å². The number of carboxylic acid groups (broad SMARTS) is 1. The molecule has 2 aromatic carbocycles. The van der Waals surface area contributed by atoms with Gasteiger partial charge in [-0.05, 0) is 41.5 Å². The number of anilines is 1. The molecule has 27 heavy (non-hydrogen) atoms. The van der Waals surface area contributed by atoms with Crippen molar-refractivity contribution in [1.29, 1.82) is 0 Å². The van der Waals surface area contributed by atoms with Crippen LogP contribution in [-0.4, -0.2) is 29.9 Å². The fourth-order valence-corrected chi connectivity index (χ4v) is 3.08. The molecule has 3 aromatic rings. The molecule has 1 aliphatic rings. The van der Waals surface area contributed by atoms with E-state index in [0.717, 1.165) is 23.3 Å². The van der Waals surface area contributed by atoms with Gasteiger partial charge in [0.25, 0.3) is 0 Å². The molecule has 0 unspecified atom stereocenters. The molecule has 0 spiro atoms. The monoisotopic (exact) mass is 366 g/mol. The number of nitrogens with zero attached hydrogens (tertiary/aromatic N) is 1. The molecule has 2 N–H and O–H groups in total. The Labute approximate surface area is 155 Å². The number of rotatable bonds is 6. The maximum absolute atomic E-state index is 11.8. The van der Waals surface area contributed by atoms with Gasteiger partial charge in [0, 0.05) is 18.5 Å². The Kier molecular flexibility index (Phi) is 4.42. The van der Waals surface area contributed by atoms with Gasteiger partial charge in [0.2, 0.25) is 0 Å². The third kappa shape index (κ3) is 3.31. The smallest absolute Gasteiger partial charge is 0.343 e. The van der Waals surface area contributed by atoms with Crippen LogP contribution in [0.4, 0.5) is 5.82 Å². The van der Waals surface area contributed by atoms with Crippen molar-refractivity contribution in [3.63, 3.8) is 0 Å². The van der Waals surface area contributed by atoms with Gasteiger partial charge in [0.1, 0.15) is 11.5 Å². The second-order valence-electron chi connectivity index (χ2n) is 6.16. The van der Waals surface area contributed by atoms with Crippen LogP contribution in [-0.2, 0) is 13.0 Å². The highest BCUT2D eigenvalue weighted by Gasteiger charge is 2.24. The van der Waals surface area contributed by atoms with Crippen LogP contribution in [0, 0.1) is 0 Å². The molecule has 0 aliphatic carbocycles. The molecular formula is C20H18N2O5. The molecule has 0 bridgehead atoms. The lowest BCUT2D eigenvalue weighted by molar-refractivity contribution is 0.0698. The number of benzene rings is 2. The number of nitrogens with one attached hydrogen (secondary N) is 1. The van der Waals surface area contributed by atoms with Crippen LogP contribution in [0.3, 0.4) is 0 Å². The number of carboxylic acids is 1. The zero-order valence-electron chi connectivity index (χ0n) is 14.7. The van der Waals surface area contributed by atoms with E-state index in [9.17, 15) is 9.90 Å². The molecule has 4 rings (SSSR count). The maximum atomic E-state index is 11.8. The maximum Gasteiger partial charge on any atom is 0.343 e. The third-order valence-electron chi connectivity index (χ3n) is 4.47. The van der Waals surface area contributed by atoms with Gasteiger partial charge in [-0.1, -0.05) is 17.3 Å². The molecule has 1 aromatic heterocycles. The lowest BCUT2D eigenvalue weighted by Gasteiger charge is -2.06. The summed E-state index contributed by atoms with van der Waals surface area (Å²) in [5.74, 6) is 0.884. The molecule has 0 radical (unpaired) electrons. The predicted molar refractivity (Wildman–Crippen MR) is 98.4 cm³/mol. The fraction of sp³-hybridized carbons (Fsp3) is 0.200. The van der Waals surface area contributed by atoms with E-state index < -0.39 is 5.97 Å². The highest BCUT2D eigenvalue weighted by Crippen LogP contribution is 2.31. The van der Waals surface area contributed by atoms with Crippen molar-refractivity contribution in [1.82, 2.24) is 5.16 Å². The summed E-state index contributed by atoms with van der Waals surface area (Å²) >= 11 is 0. The molecule has 0 saturated heterocycles. The number of fused-ring (bicyclic) bond motifs is 1. The first-order valence-corrected chi connectivity index (χ1v) is 8.51. The predicted octanol–water partition coefficient (Wildman–Crippen LogP) is 3.60. The lowest BCUT2D eigenvalue weighted by atomic mass is 10.1. The van der Waals surface area contributed by atoms with Crippen molar-refractivity contribution in [2.75, 3.05) is 19.0 Å². The van der Waals surface area contributed by atoms with Gasteiger partial charge < -0.3 is 24.4 Å². The Bertz CT molecular complexity index is 979. The number of carbonyl (C=O) groups is 1. The Hall–Kier alpha value is -3.48. The number of ether oxygens (including phenoxy) is 2. The SMILES string of the molecule is COc1ccc(-c2onc(NCc3ccc4c(c3)CCO4)c2C(=O)O)cc1. The molecule has 0 saturated carbocycles. The van der Waals surface area contributed by atoms with Crippen molar-refractivity contribution >= 4 is 11.8 Å². The minimum Gasteiger partial charge on any atom is -0.497 e. The Balaban J connectivity index is 1.57. The number of methoxy groups -OCH3 is 1. The van der Waals surface area contributed by atoms with Crippen molar-refractivity contribution in [2.24, 2.45) is 0 Å².